The Morgan fingerprint density at radius 3 is 2.40 bits per heavy atom. The largest absolute Gasteiger partial charge is 0.378 e. The minimum Gasteiger partial charge on any atom is -0.378 e. The molecule has 4 N–H and O–H groups in total. The van der Waals surface area contributed by atoms with Crippen LogP contribution < -0.4 is 20.7 Å². The third-order valence-corrected chi connectivity index (χ3v) is 8.43. The van der Waals surface area contributed by atoms with Crippen molar-refractivity contribution in [3.05, 3.63) is 5.82 Å². The molecule has 0 spiro atoms. The molecule has 198 valence electrons. The normalized spacial score (nSPS) is 27.7. The molecule has 2 saturated heterocycles. The molecule has 0 aromatic carbocycles. The Morgan fingerprint density at radius 2 is 1.74 bits per heavy atom. The van der Waals surface area contributed by atoms with E-state index in [9.17, 15) is 8.42 Å². The van der Waals surface area contributed by atoms with Gasteiger partial charge in [-0.2, -0.15) is 32.4 Å². The molecule has 13 heteroatoms. The molecule has 1 saturated carbocycles. The number of nitrogens with one attached hydrogen (secondary N) is 2. The summed E-state index contributed by atoms with van der Waals surface area (Å²) in [6, 6.07) is -0.262. The molecule has 2 unspecified atom stereocenters. The molecule has 2 aliphatic heterocycles. The first-order chi connectivity index (χ1) is 16.7. The zero-order chi connectivity index (χ0) is 25.0. The molecular weight excluding hydrogens is 472 g/mol. The van der Waals surface area contributed by atoms with Crippen LogP contribution in [0.1, 0.15) is 58.3 Å². The van der Waals surface area contributed by atoms with Gasteiger partial charge in [0, 0.05) is 38.3 Å². The van der Waals surface area contributed by atoms with Crippen LogP contribution in [-0.4, -0.2) is 91.9 Å². The van der Waals surface area contributed by atoms with E-state index < -0.39 is 10.2 Å². The molecular formula is C22H40N8O4S. The van der Waals surface area contributed by atoms with Gasteiger partial charge in [-0.25, -0.2) is 0 Å². The van der Waals surface area contributed by atoms with Gasteiger partial charge in [0.15, 0.2) is 5.82 Å². The molecule has 3 aliphatic rings. The van der Waals surface area contributed by atoms with E-state index in [0.717, 1.165) is 38.8 Å². The summed E-state index contributed by atoms with van der Waals surface area (Å²) in [6.07, 6.45) is 2.98. The summed E-state index contributed by atoms with van der Waals surface area (Å²) < 4.78 is 41.0. The fourth-order valence-electron chi connectivity index (χ4n) is 4.85. The number of rotatable bonds is 8. The average molecular weight is 513 g/mol. The Labute approximate surface area is 208 Å². The Bertz CT molecular complexity index is 935. The van der Waals surface area contributed by atoms with Crippen LogP contribution in [0, 0.1) is 5.92 Å². The fourth-order valence-corrected chi connectivity index (χ4v) is 6.38. The zero-order valence-electron chi connectivity index (χ0n) is 21.0. The number of anilines is 2. The molecule has 12 nitrogen and oxygen atoms in total. The van der Waals surface area contributed by atoms with Crippen LogP contribution >= 0.6 is 0 Å². The van der Waals surface area contributed by atoms with Crippen LogP contribution in [0.4, 0.5) is 11.9 Å². The molecule has 3 heterocycles. The highest BCUT2D eigenvalue weighted by Gasteiger charge is 2.34. The highest BCUT2D eigenvalue weighted by molar-refractivity contribution is 7.87. The summed E-state index contributed by atoms with van der Waals surface area (Å²) >= 11 is 0. The van der Waals surface area contributed by atoms with Crippen LogP contribution in [-0.2, 0) is 19.7 Å². The van der Waals surface area contributed by atoms with Gasteiger partial charge in [0.1, 0.15) is 0 Å². The van der Waals surface area contributed by atoms with Gasteiger partial charge in [0.05, 0.1) is 32.0 Å². The quantitative estimate of drug-likeness (QED) is 0.453. The Balaban J connectivity index is 1.39. The van der Waals surface area contributed by atoms with Gasteiger partial charge in [0.2, 0.25) is 11.9 Å². The second-order valence-electron chi connectivity index (χ2n) is 10.0. The van der Waals surface area contributed by atoms with E-state index in [-0.39, 0.29) is 30.1 Å². The summed E-state index contributed by atoms with van der Waals surface area (Å²) in [6.45, 7) is 9.91. The third kappa shape index (κ3) is 6.98. The van der Waals surface area contributed by atoms with Crippen molar-refractivity contribution in [1.29, 1.82) is 0 Å². The number of hydrogen-bond acceptors (Lipinski definition) is 10. The lowest BCUT2D eigenvalue weighted by Gasteiger charge is -2.35. The highest BCUT2D eigenvalue weighted by Crippen LogP contribution is 2.33. The Hall–Kier alpha value is -1.64. The van der Waals surface area contributed by atoms with Crippen molar-refractivity contribution in [1.82, 2.24) is 24.0 Å². The monoisotopic (exact) mass is 512 g/mol. The summed E-state index contributed by atoms with van der Waals surface area (Å²) in [5.41, 5.74) is 6.69. The number of morpholine rings is 2. The lowest BCUT2D eigenvalue weighted by molar-refractivity contribution is 0.00958. The molecule has 0 amide bonds. The maximum atomic E-state index is 12.8. The lowest BCUT2D eigenvalue weighted by Crippen LogP contribution is -2.52. The van der Waals surface area contributed by atoms with Crippen molar-refractivity contribution < 1.29 is 17.9 Å². The van der Waals surface area contributed by atoms with Crippen LogP contribution in [0.5, 0.6) is 0 Å². The maximum Gasteiger partial charge on any atom is 0.279 e. The molecule has 0 radical (unpaired) electrons. The maximum absolute atomic E-state index is 12.8. The van der Waals surface area contributed by atoms with E-state index in [1.807, 2.05) is 20.8 Å². The number of hydrogen-bond donors (Lipinski definition) is 3. The first kappa shape index (κ1) is 26.4. The number of ether oxygens (including phenoxy) is 2. The van der Waals surface area contributed by atoms with E-state index in [2.05, 4.69) is 24.9 Å². The van der Waals surface area contributed by atoms with E-state index in [0.29, 0.717) is 50.6 Å². The van der Waals surface area contributed by atoms with Crippen molar-refractivity contribution in [3.8, 4) is 0 Å². The lowest BCUT2D eigenvalue weighted by atomic mass is 9.82. The van der Waals surface area contributed by atoms with Crippen molar-refractivity contribution in [2.45, 2.75) is 70.7 Å². The molecule has 35 heavy (non-hydrogen) atoms. The van der Waals surface area contributed by atoms with Crippen LogP contribution in [0.25, 0.3) is 0 Å². The van der Waals surface area contributed by atoms with Crippen molar-refractivity contribution >= 4 is 22.1 Å². The number of nitrogens with two attached hydrogens (primary N) is 1. The predicted octanol–water partition coefficient (Wildman–Crippen LogP) is 0.642. The van der Waals surface area contributed by atoms with Crippen molar-refractivity contribution in [2.75, 3.05) is 56.2 Å². The molecule has 1 aromatic rings. The van der Waals surface area contributed by atoms with E-state index in [4.69, 9.17) is 20.2 Å². The van der Waals surface area contributed by atoms with Gasteiger partial charge >= 0.3 is 0 Å². The van der Waals surface area contributed by atoms with Gasteiger partial charge < -0.3 is 25.4 Å². The van der Waals surface area contributed by atoms with Gasteiger partial charge in [-0.05, 0) is 52.4 Å². The molecule has 4 rings (SSSR count). The second kappa shape index (κ2) is 11.6. The summed E-state index contributed by atoms with van der Waals surface area (Å²) in [7, 11) is -3.53. The van der Waals surface area contributed by atoms with Crippen molar-refractivity contribution in [2.24, 2.45) is 11.7 Å². The van der Waals surface area contributed by atoms with E-state index in [1.54, 1.807) is 0 Å². The zero-order valence-corrected chi connectivity index (χ0v) is 21.8. The standard InChI is InChI=1S/C22H40N8O4S/c1-15(2)24-21-25-20(26-22(27-21)29-8-11-33-12-9-29)19(23)17-4-6-18(7-5-17)28-35(31,32)30-10-13-34-16(3)14-30/h15-19,28H,4-14,23H2,1-3H3,(H,24,25,26,27). The first-order valence-electron chi connectivity index (χ1n) is 12.7. The van der Waals surface area contributed by atoms with Crippen molar-refractivity contribution in [3.63, 3.8) is 0 Å². The van der Waals surface area contributed by atoms with Gasteiger partial charge in [0.25, 0.3) is 10.2 Å². The Kier molecular flexibility index (Phi) is 8.76. The summed E-state index contributed by atoms with van der Waals surface area (Å²) in [5, 5.41) is 3.28. The average Bonchev–Trinajstić information content (AvgIpc) is 2.84. The van der Waals surface area contributed by atoms with E-state index >= 15 is 0 Å². The predicted molar refractivity (Wildman–Crippen MR) is 133 cm³/mol. The smallest absolute Gasteiger partial charge is 0.279 e. The number of nitrogens with zero attached hydrogens (tertiary/aromatic N) is 5. The van der Waals surface area contributed by atoms with Gasteiger partial charge in [-0.1, -0.05) is 0 Å². The Morgan fingerprint density at radius 1 is 1.03 bits per heavy atom. The molecule has 3 fully saturated rings. The highest BCUT2D eigenvalue weighted by atomic mass is 32.2. The summed E-state index contributed by atoms with van der Waals surface area (Å²) in [5.74, 6) is 1.91. The van der Waals surface area contributed by atoms with Gasteiger partial charge in [-0.3, -0.25) is 0 Å². The number of aromatic nitrogens is 3. The molecule has 1 aromatic heterocycles. The second-order valence-corrected chi connectivity index (χ2v) is 11.7. The third-order valence-electron chi connectivity index (χ3n) is 6.79. The van der Waals surface area contributed by atoms with Crippen LogP contribution in [0.3, 0.4) is 0 Å². The first-order valence-corrected chi connectivity index (χ1v) is 14.1. The van der Waals surface area contributed by atoms with Crippen LogP contribution in [0.2, 0.25) is 0 Å². The summed E-state index contributed by atoms with van der Waals surface area (Å²) in [4.78, 5) is 16.1. The fraction of sp³-hybridized carbons (Fsp3) is 0.864. The van der Waals surface area contributed by atoms with Gasteiger partial charge in [-0.15, -0.1) is 0 Å². The SMILES string of the molecule is CC(C)Nc1nc(C(N)C2CCC(NS(=O)(=O)N3CCOC(C)C3)CC2)nc(N2CCOCC2)n1. The minimum atomic E-state index is -3.53. The molecule has 2 atom stereocenters. The topological polar surface area (TPSA) is 148 Å². The van der Waals surface area contributed by atoms with E-state index in [1.165, 1.54) is 4.31 Å². The molecule has 1 aliphatic carbocycles. The minimum absolute atomic E-state index is 0.0909. The van der Waals surface area contributed by atoms with Crippen LogP contribution in [0.15, 0.2) is 0 Å². The molecule has 0 bridgehead atoms.